The minimum Gasteiger partial charge on any atom is -0.492 e. The molecule has 3 heteroatoms. The maximum absolute atomic E-state index is 6.19. The van der Waals surface area contributed by atoms with Crippen LogP contribution in [0.3, 0.4) is 0 Å². The summed E-state index contributed by atoms with van der Waals surface area (Å²) in [4.78, 5) is 2.40. The molecule has 2 aromatic carbocycles. The lowest BCUT2D eigenvalue weighted by atomic mass is 9.92. The molecule has 0 atom stereocenters. The van der Waals surface area contributed by atoms with Crippen LogP contribution in [0.4, 0.5) is 0 Å². The molecular formula is C23H27NO2. The fraction of sp³-hybridized carbons (Fsp3) is 0.391. The first-order chi connectivity index (χ1) is 12.6. The van der Waals surface area contributed by atoms with Gasteiger partial charge in [-0.05, 0) is 37.6 Å². The van der Waals surface area contributed by atoms with E-state index in [2.05, 4.69) is 42.9 Å². The summed E-state index contributed by atoms with van der Waals surface area (Å²) in [5.41, 5.74) is 1.89. The van der Waals surface area contributed by atoms with Crippen LogP contribution in [0.15, 0.2) is 48.5 Å². The number of likely N-dealkylation sites (tertiary alicyclic amines) is 1. The molecule has 0 saturated carbocycles. The van der Waals surface area contributed by atoms with Gasteiger partial charge < -0.3 is 9.47 Å². The highest BCUT2D eigenvalue weighted by molar-refractivity contribution is 5.31. The van der Waals surface area contributed by atoms with Crippen LogP contribution in [0, 0.1) is 26.2 Å². The standard InChI is InChI=1S/C23H27NO2/c1-4-23(26-21-11-9-19(2)10-12-21)13-15-24(16-14-23)17-18-25-22-8-6-5-7-20(22)3/h1,5-12H,13-18H2,2-3H3. The van der Waals surface area contributed by atoms with E-state index in [1.807, 2.05) is 30.3 Å². The molecule has 1 heterocycles. The predicted molar refractivity (Wildman–Crippen MR) is 106 cm³/mol. The molecule has 1 aliphatic rings. The van der Waals surface area contributed by atoms with Crippen LogP contribution in [0.2, 0.25) is 0 Å². The molecule has 0 aromatic heterocycles. The summed E-state index contributed by atoms with van der Waals surface area (Å²) in [6.45, 7) is 7.57. The molecule has 0 N–H and O–H groups in total. The zero-order chi connectivity index (χ0) is 18.4. The van der Waals surface area contributed by atoms with Gasteiger partial charge in [0.25, 0.3) is 0 Å². The van der Waals surface area contributed by atoms with Gasteiger partial charge in [-0.2, -0.15) is 0 Å². The van der Waals surface area contributed by atoms with Crippen molar-refractivity contribution in [1.29, 1.82) is 0 Å². The lowest BCUT2D eigenvalue weighted by Crippen LogP contribution is -2.48. The van der Waals surface area contributed by atoms with Crippen LogP contribution in [0.5, 0.6) is 11.5 Å². The van der Waals surface area contributed by atoms with Gasteiger partial charge in [-0.25, -0.2) is 0 Å². The van der Waals surface area contributed by atoms with E-state index in [-0.39, 0.29) is 0 Å². The van der Waals surface area contributed by atoms with Crippen LogP contribution in [-0.4, -0.2) is 36.7 Å². The van der Waals surface area contributed by atoms with Crippen molar-refractivity contribution in [3.63, 3.8) is 0 Å². The molecule has 1 saturated heterocycles. The summed E-state index contributed by atoms with van der Waals surface area (Å²) in [5, 5.41) is 0. The van der Waals surface area contributed by atoms with Gasteiger partial charge in [0.15, 0.2) is 5.60 Å². The van der Waals surface area contributed by atoms with E-state index in [1.165, 1.54) is 11.1 Å². The Balaban J connectivity index is 1.48. The Morgan fingerprint density at radius 1 is 1.04 bits per heavy atom. The highest BCUT2D eigenvalue weighted by Crippen LogP contribution is 2.28. The van der Waals surface area contributed by atoms with Gasteiger partial charge in [-0.15, -0.1) is 6.42 Å². The Morgan fingerprint density at radius 2 is 1.73 bits per heavy atom. The van der Waals surface area contributed by atoms with Crippen molar-refractivity contribution in [3.8, 4) is 23.8 Å². The molecule has 1 fully saturated rings. The molecule has 0 radical (unpaired) electrons. The number of benzene rings is 2. The summed E-state index contributed by atoms with van der Waals surface area (Å²) in [6, 6.07) is 16.2. The molecule has 3 nitrogen and oxygen atoms in total. The first-order valence-electron chi connectivity index (χ1n) is 9.24. The SMILES string of the molecule is C#CC1(Oc2ccc(C)cc2)CCN(CCOc2ccccc2C)CC1. The van der Waals surface area contributed by atoms with Crippen LogP contribution < -0.4 is 9.47 Å². The van der Waals surface area contributed by atoms with Crippen LogP contribution >= 0.6 is 0 Å². The highest BCUT2D eigenvalue weighted by Gasteiger charge is 2.34. The Kier molecular flexibility index (Phi) is 5.85. The van der Waals surface area contributed by atoms with Crippen molar-refractivity contribution in [1.82, 2.24) is 4.90 Å². The summed E-state index contributed by atoms with van der Waals surface area (Å²) >= 11 is 0. The minimum absolute atomic E-state index is 0.497. The van der Waals surface area contributed by atoms with Crippen LogP contribution in [0.25, 0.3) is 0 Å². The average Bonchev–Trinajstić information content (AvgIpc) is 2.67. The van der Waals surface area contributed by atoms with Crippen LogP contribution in [-0.2, 0) is 0 Å². The third-order valence-corrected chi connectivity index (χ3v) is 5.02. The summed E-state index contributed by atoms with van der Waals surface area (Å²) in [7, 11) is 0. The normalized spacial score (nSPS) is 16.7. The van der Waals surface area contributed by atoms with Gasteiger partial charge in [-0.1, -0.05) is 41.8 Å². The molecule has 1 aliphatic heterocycles. The monoisotopic (exact) mass is 349 g/mol. The van der Waals surface area contributed by atoms with Gasteiger partial charge in [0, 0.05) is 32.5 Å². The molecular weight excluding hydrogens is 322 g/mol. The fourth-order valence-electron chi connectivity index (χ4n) is 3.25. The summed E-state index contributed by atoms with van der Waals surface area (Å²) in [6.07, 6.45) is 7.51. The molecule has 0 spiro atoms. The van der Waals surface area contributed by atoms with E-state index >= 15 is 0 Å². The largest absolute Gasteiger partial charge is 0.492 e. The summed E-state index contributed by atoms with van der Waals surface area (Å²) in [5.74, 6) is 4.73. The Hall–Kier alpha value is -2.44. The molecule has 2 aromatic rings. The Labute approximate surface area is 156 Å². The Morgan fingerprint density at radius 3 is 2.38 bits per heavy atom. The summed E-state index contributed by atoms with van der Waals surface area (Å²) < 4.78 is 12.1. The molecule has 26 heavy (non-hydrogen) atoms. The number of rotatable bonds is 6. The van der Waals surface area contributed by atoms with Crippen molar-refractivity contribution < 1.29 is 9.47 Å². The zero-order valence-corrected chi connectivity index (χ0v) is 15.7. The number of aryl methyl sites for hydroxylation is 2. The molecule has 0 unspecified atom stereocenters. The predicted octanol–water partition coefficient (Wildman–Crippen LogP) is 4.23. The fourth-order valence-corrected chi connectivity index (χ4v) is 3.25. The quantitative estimate of drug-likeness (QED) is 0.729. The van der Waals surface area contributed by atoms with Crippen molar-refractivity contribution >= 4 is 0 Å². The number of para-hydroxylation sites is 1. The maximum atomic E-state index is 6.19. The van der Waals surface area contributed by atoms with Gasteiger partial charge in [0.1, 0.15) is 18.1 Å². The van der Waals surface area contributed by atoms with Crippen molar-refractivity contribution in [3.05, 3.63) is 59.7 Å². The lowest BCUT2D eigenvalue weighted by molar-refractivity contribution is 0.0435. The van der Waals surface area contributed by atoms with Gasteiger partial charge in [0.05, 0.1) is 0 Å². The molecule has 3 rings (SSSR count). The van der Waals surface area contributed by atoms with Crippen molar-refractivity contribution in [2.45, 2.75) is 32.3 Å². The van der Waals surface area contributed by atoms with E-state index in [0.29, 0.717) is 6.61 Å². The number of hydrogen-bond donors (Lipinski definition) is 0. The van der Waals surface area contributed by atoms with E-state index in [1.54, 1.807) is 0 Å². The highest BCUT2D eigenvalue weighted by atomic mass is 16.5. The van der Waals surface area contributed by atoms with E-state index in [9.17, 15) is 0 Å². The second kappa shape index (κ2) is 8.29. The van der Waals surface area contributed by atoms with Gasteiger partial charge in [0.2, 0.25) is 0 Å². The van der Waals surface area contributed by atoms with Crippen molar-refractivity contribution in [2.24, 2.45) is 0 Å². The maximum Gasteiger partial charge on any atom is 0.171 e. The molecule has 0 aliphatic carbocycles. The van der Waals surface area contributed by atoms with E-state index in [4.69, 9.17) is 15.9 Å². The Bertz CT molecular complexity index is 753. The van der Waals surface area contributed by atoms with Crippen molar-refractivity contribution in [2.75, 3.05) is 26.2 Å². The number of nitrogens with zero attached hydrogens (tertiary/aromatic N) is 1. The topological polar surface area (TPSA) is 21.7 Å². The third-order valence-electron chi connectivity index (χ3n) is 5.02. The first kappa shape index (κ1) is 18.4. The second-order valence-electron chi connectivity index (χ2n) is 7.01. The second-order valence-corrected chi connectivity index (χ2v) is 7.01. The van der Waals surface area contributed by atoms with Gasteiger partial charge >= 0.3 is 0 Å². The molecule has 136 valence electrons. The van der Waals surface area contributed by atoms with E-state index < -0.39 is 5.60 Å². The first-order valence-corrected chi connectivity index (χ1v) is 9.24. The van der Waals surface area contributed by atoms with E-state index in [0.717, 1.165) is 44.0 Å². The molecule has 0 bridgehead atoms. The van der Waals surface area contributed by atoms with Gasteiger partial charge in [-0.3, -0.25) is 4.90 Å². The number of terminal acetylenes is 1. The third kappa shape index (κ3) is 4.59. The lowest BCUT2D eigenvalue weighted by Gasteiger charge is -2.38. The van der Waals surface area contributed by atoms with Crippen LogP contribution in [0.1, 0.15) is 24.0 Å². The smallest absolute Gasteiger partial charge is 0.171 e. The minimum atomic E-state index is -0.497. The number of hydrogen-bond acceptors (Lipinski definition) is 3. The molecule has 0 amide bonds. The average molecular weight is 349 g/mol. The zero-order valence-electron chi connectivity index (χ0n) is 15.7. The number of piperidine rings is 1. The number of ether oxygens (including phenoxy) is 2.